The van der Waals surface area contributed by atoms with E-state index in [1.54, 1.807) is 55.6 Å². The van der Waals surface area contributed by atoms with E-state index in [1.165, 1.54) is 6.47 Å². The molecule has 0 saturated carbocycles. The molecule has 0 saturated heterocycles. The zero-order valence-corrected chi connectivity index (χ0v) is 13.9. The Morgan fingerprint density at radius 1 is 1.13 bits per heavy atom. The van der Waals surface area contributed by atoms with Gasteiger partial charge in [-0.05, 0) is 29.8 Å². The second-order valence-corrected chi connectivity index (χ2v) is 5.50. The summed E-state index contributed by atoms with van der Waals surface area (Å²) in [5, 5.41) is 0. The third-order valence-corrected chi connectivity index (χ3v) is 3.62. The van der Waals surface area contributed by atoms with Crippen LogP contribution < -0.4 is 4.74 Å². The number of hydrogen-bond donors (Lipinski definition) is 0. The first-order chi connectivity index (χ1) is 11.1. The summed E-state index contributed by atoms with van der Waals surface area (Å²) in [6, 6.07) is 13.9. The number of benzene rings is 2. The first kappa shape index (κ1) is 17.0. The molecule has 1 atom stereocenters. The Labute approximate surface area is 142 Å². The van der Waals surface area contributed by atoms with Gasteiger partial charge in [-0.15, -0.1) is 0 Å². The number of esters is 1. The lowest BCUT2D eigenvalue weighted by Crippen LogP contribution is -2.18. The van der Waals surface area contributed by atoms with Gasteiger partial charge in [0.25, 0.3) is 0 Å². The molecular weight excluding hydrogens is 364 g/mol. The third kappa shape index (κ3) is 4.82. The Morgan fingerprint density at radius 2 is 1.78 bits per heavy atom. The van der Waals surface area contributed by atoms with Crippen molar-refractivity contribution >= 4 is 28.4 Å². The van der Waals surface area contributed by atoms with Crippen molar-refractivity contribution in [3.05, 3.63) is 64.1 Å². The SMILES string of the molecule is COc1ccc(COC(=O)C(O[C]=O)c2ccc(Br)cc2)cc1. The van der Waals surface area contributed by atoms with Gasteiger partial charge >= 0.3 is 12.4 Å². The maximum Gasteiger partial charge on any atom is 0.418 e. The fraction of sp³-hybridized carbons (Fsp3) is 0.176. The van der Waals surface area contributed by atoms with Crippen molar-refractivity contribution in [2.45, 2.75) is 12.7 Å². The molecule has 0 amide bonds. The van der Waals surface area contributed by atoms with E-state index in [-0.39, 0.29) is 6.61 Å². The van der Waals surface area contributed by atoms with E-state index in [0.29, 0.717) is 11.3 Å². The minimum atomic E-state index is -1.14. The van der Waals surface area contributed by atoms with Crippen LogP contribution in [0.1, 0.15) is 17.2 Å². The second kappa shape index (κ2) is 8.33. The van der Waals surface area contributed by atoms with Crippen molar-refractivity contribution in [1.82, 2.24) is 0 Å². The van der Waals surface area contributed by atoms with Crippen LogP contribution in [0.2, 0.25) is 0 Å². The first-order valence-corrected chi connectivity index (χ1v) is 7.51. The van der Waals surface area contributed by atoms with E-state index in [2.05, 4.69) is 15.9 Å². The van der Waals surface area contributed by atoms with E-state index in [9.17, 15) is 9.59 Å². The Kier molecular flexibility index (Phi) is 6.17. The lowest BCUT2D eigenvalue weighted by atomic mass is 10.1. The number of rotatable bonds is 7. The van der Waals surface area contributed by atoms with Gasteiger partial charge in [-0.2, -0.15) is 0 Å². The summed E-state index contributed by atoms with van der Waals surface area (Å²) >= 11 is 3.30. The normalized spacial score (nSPS) is 11.4. The van der Waals surface area contributed by atoms with Crippen molar-refractivity contribution in [1.29, 1.82) is 0 Å². The molecule has 5 nitrogen and oxygen atoms in total. The van der Waals surface area contributed by atoms with Crippen molar-refractivity contribution in [2.75, 3.05) is 7.11 Å². The monoisotopic (exact) mass is 377 g/mol. The molecule has 1 radical (unpaired) electrons. The van der Waals surface area contributed by atoms with E-state index in [4.69, 9.17) is 14.2 Å². The quantitative estimate of drug-likeness (QED) is 0.692. The molecule has 2 aromatic rings. The lowest BCUT2D eigenvalue weighted by molar-refractivity contribution is -0.154. The van der Waals surface area contributed by atoms with Crippen LogP contribution in [-0.2, 0) is 25.7 Å². The van der Waals surface area contributed by atoms with Crippen molar-refractivity contribution in [3.63, 3.8) is 0 Å². The van der Waals surface area contributed by atoms with E-state index in [0.717, 1.165) is 10.0 Å². The molecule has 0 heterocycles. The van der Waals surface area contributed by atoms with Gasteiger partial charge in [0.05, 0.1) is 7.11 Å². The smallest absolute Gasteiger partial charge is 0.418 e. The van der Waals surface area contributed by atoms with Gasteiger partial charge in [-0.25, -0.2) is 9.59 Å². The fourth-order valence-corrected chi connectivity index (χ4v) is 2.15. The van der Waals surface area contributed by atoms with Crippen molar-refractivity contribution < 1.29 is 23.8 Å². The number of carbonyl (C=O) groups excluding carboxylic acids is 2. The third-order valence-electron chi connectivity index (χ3n) is 3.09. The number of ether oxygens (including phenoxy) is 3. The van der Waals surface area contributed by atoms with Gasteiger partial charge in [-0.1, -0.05) is 40.2 Å². The highest BCUT2D eigenvalue weighted by atomic mass is 79.9. The van der Waals surface area contributed by atoms with E-state index < -0.39 is 12.1 Å². The molecule has 0 aliphatic rings. The standard InChI is InChI=1S/C17H14BrO5/c1-21-15-8-2-12(3-9-15)10-22-17(20)16(23-11-19)13-4-6-14(18)7-5-13/h2-9,16H,10H2,1H3. The van der Waals surface area contributed by atoms with Crippen LogP contribution in [0, 0.1) is 0 Å². The second-order valence-electron chi connectivity index (χ2n) is 4.59. The highest BCUT2D eigenvalue weighted by Crippen LogP contribution is 2.22. The zero-order valence-electron chi connectivity index (χ0n) is 12.3. The Hall–Kier alpha value is -2.34. The molecule has 1 unspecified atom stereocenters. The maximum atomic E-state index is 12.2. The molecule has 0 aliphatic carbocycles. The summed E-state index contributed by atoms with van der Waals surface area (Å²) in [5.41, 5.74) is 1.31. The number of hydrogen-bond acceptors (Lipinski definition) is 5. The van der Waals surface area contributed by atoms with Crippen LogP contribution in [-0.4, -0.2) is 19.6 Å². The molecule has 0 N–H and O–H groups in total. The average Bonchev–Trinajstić information content (AvgIpc) is 2.59. The van der Waals surface area contributed by atoms with Crippen LogP contribution in [0.3, 0.4) is 0 Å². The topological polar surface area (TPSA) is 61.8 Å². The van der Waals surface area contributed by atoms with E-state index in [1.807, 2.05) is 0 Å². The van der Waals surface area contributed by atoms with Gasteiger partial charge in [0.15, 0.2) is 0 Å². The Bertz CT molecular complexity index is 652. The van der Waals surface area contributed by atoms with Gasteiger partial charge < -0.3 is 14.2 Å². The molecule has 0 fully saturated rings. The molecule has 2 rings (SSSR count). The largest absolute Gasteiger partial charge is 0.497 e. The molecule has 23 heavy (non-hydrogen) atoms. The van der Waals surface area contributed by atoms with Gasteiger partial charge in [0, 0.05) is 10.0 Å². The Morgan fingerprint density at radius 3 is 2.35 bits per heavy atom. The van der Waals surface area contributed by atoms with Crippen LogP contribution in [0.5, 0.6) is 5.75 Å². The molecular formula is C17H14BrO5. The minimum absolute atomic E-state index is 0.0675. The minimum Gasteiger partial charge on any atom is -0.497 e. The predicted octanol–water partition coefficient (Wildman–Crippen LogP) is 3.33. The summed E-state index contributed by atoms with van der Waals surface area (Å²) in [4.78, 5) is 22.7. The average molecular weight is 378 g/mol. The number of methoxy groups -OCH3 is 1. The van der Waals surface area contributed by atoms with Crippen LogP contribution in [0.4, 0.5) is 0 Å². The molecule has 0 aliphatic heterocycles. The van der Waals surface area contributed by atoms with Gasteiger partial charge in [0.2, 0.25) is 6.10 Å². The van der Waals surface area contributed by atoms with Crippen molar-refractivity contribution in [2.24, 2.45) is 0 Å². The Balaban J connectivity index is 2.02. The summed E-state index contributed by atoms with van der Waals surface area (Å²) in [5.74, 6) is 0.0539. The number of halogens is 1. The summed E-state index contributed by atoms with van der Waals surface area (Å²) in [6.07, 6.45) is -1.14. The van der Waals surface area contributed by atoms with Crippen molar-refractivity contribution in [3.8, 4) is 5.75 Å². The van der Waals surface area contributed by atoms with E-state index >= 15 is 0 Å². The number of carbonyl (C=O) groups is 1. The fourth-order valence-electron chi connectivity index (χ4n) is 1.89. The molecule has 6 heteroatoms. The lowest BCUT2D eigenvalue weighted by Gasteiger charge is -2.14. The molecule has 119 valence electrons. The van der Waals surface area contributed by atoms with Gasteiger partial charge in [-0.3, -0.25) is 0 Å². The maximum absolute atomic E-state index is 12.2. The van der Waals surface area contributed by atoms with Crippen LogP contribution in [0.25, 0.3) is 0 Å². The van der Waals surface area contributed by atoms with Gasteiger partial charge in [0.1, 0.15) is 12.4 Å². The molecule has 0 aromatic heterocycles. The summed E-state index contributed by atoms with van der Waals surface area (Å²) in [7, 11) is 1.57. The highest BCUT2D eigenvalue weighted by Gasteiger charge is 2.24. The molecule has 0 bridgehead atoms. The molecule has 2 aromatic carbocycles. The summed E-state index contributed by atoms with van der Waals surface area (Å²) in [6.45, 7) is 1.36. The first-order valence-electron chi connectivity index (χ1n) is 6.72. The van der Waals surface area contributed by atoms with Crippen LogP contribution >= 0.6 is 15.9 Å². The predicted molar refractivity (Wildman–Crippen MR) is 86.5 cm³/mol. The van der Waals surface area contributed by atoms with Crippen LogP contribution in [0.15, 0.2) is 53.0 Å². The molecule has 0 spiro atoms. The summed E-state index contributed by atoms with van der Waals surface area (Å²) < 4.78 is 15.9. The zero-order chi connectivity index (χ0) is 16.7. The highest BCUT2D eigenvalue weighted by molar-refractivity contribution is 9.10.